The molecule has 0 bridgehead atoms. The summed E-state index contributed by atoms with van der Waals surface area (Å²) in [5, 5.41) is 14.5. The van der Waals surface area contributed by atoms with Crippen molar-refractivity contribution in [1.82, 2.24) is 35.5 Å². The maximum atomic E-state index is 13.7. The predicted octanol–water partition coefficient (Wildman–Crippen LogP) is 5.76. The second kappa shape index (κ2) is 10.2. The van der Waals surface area contributed by atoms with Crippen LogP contribution in [0.5, 0.6) is 0 Å². The van der Waals surface area contributed by atoms with Crippen molar-refractivity contribution in [3.05, 3.63) is 66.2 Å². The standard InChI is InChI=1S/C29H25FN8OS/c30-25-5-4-24(40-25)19-2-1-3-21-27(19)36-29(35-21)28-20-12-22(33-15-23(20)37-38-28)17-11-18(14-32-13-17)34-26(39)10-16-6-8-31-9-7-16/h1-5,11-16,31H,6-10H2,(H,34,39)(H,35,36)(H,37,38). The molecule has 1 saturated heterocycles. The van der Waals surface area contributed by atoms with Crippen molar-refractivity contribution in [2.45, 2.75) is 19.3 Å². The molecule has 0 atom stereocenters. The van der Waals surface area contributed by atoms with Crippen molar-refractivity contribution < 1.29 is 9.18 Å². The molecule has 11 heteroatoms. The van der Waals surface area contributed by atoms with Crippen molar-refractivity contribution in [3.8, 4) is 33.2 Å². The van der Waals surface area contributed by atoms with Gasteiger partial charge in [0.25, 0.3) is 0 Å². The summed E-state index contributed by atoms with van der Waals surface area (Å²) in [5.41, 5.74) is 5.98. The summed E-state index contributed by atoms with van der Waals surface area (Å²) in [7, 11) is 0. The van der Waals surface area contributed by atoms with Gasteiger partial charge in [0.2, 0.25) is 5.91 Å². The monoisotopic (exact) mass is 552 g/mol. The number of nitrogens with zero attached hydrogens (tertiary/aromatic N) is 4. The molecule has 1 aromatic carbocycles. The minimum absolute atomic E-state index is 0.000855. The Morgan fingerprint density at radius 3 is 2.83 bits per heavy atom. The van der Waals surface area contributed by atoms with Crippen LogP contribution in [0.4, 0.5) is 10.1 Å². The van der Waals surface area contributed by atoms with E-state index in [4.69, 9.17) is 4.98 Å². The highest BCUT2D eigenvalue weighted by atomic mass is 32.1. The van der Waals surface area contributed by atoms with Gasteiger partial charge >= 0.3 is 0 Å². The summed E-state index contributed by atoms with van der Waals surface area (Å²) in [6.45, 7) is 1.92. The number of aromatic amines is 2. The summed E-state index contributed by atoms with van der Waals surface area (Å²) < 4.78 is 13.7. The van der Waals surface area contributed by atoms with Crippen LogP contribution in [0.1, 0.15) is 19.3 Å². The number of piperidine rings is 1. The van der Waals surface area contributed by atoms with Gasteiger partial charge in [-0.25, -0.2) is 4.98 Å². The van der Waals surface area contributed by atoms with Gasteiger partial charge in [-0.2, -0.15) is 9.49 Å². The van der Waals surface area contributed by atoms with E-state index in [1.165, 1.54) is 6.07 Å². The Morgan fingerprint density at radius 2 is 1.98 bits per heavy atom. The summed E-state index contributed by atoms with van der Waals surface area (Å²) in [6, 6.07) is 12.9. The zero-order valence-electron chi connectivity index (χ0n) is 21.4. The van der Waals surface area contributed by atoms with Crippen molar-refractivity contribution >= 4 is 44.9 Å². The molecule has 1 fully saturated rings. The Labute approximate surface area is 232 Å². The molecular weight excluding hydrogens is 527 g/mol. The quantitative estimate of drug-likeness (QED) is 0.208. The number of hydrogen-bond acceptors (Lipinski definition) is 7. The number of fused-ring (bicyclic) bond motifs is 2. The number of hydrogen-bond donors (Lipinski definition) is 4. The maximum Gasteiger partial charge on any atom is 0.224 e. The van der Waals surface area contributed by atoms with Crippen LogP contribution in [0.2, 0.25) is 0 Å². The molecule has 9 nitrogen and oxygen atoms in total. The van der Waals surface area contributed by atoms with Gasteiger partial charge in [0.1, 0.15) is 5.69 Å². The van der Waals surface area contributed by atoms with Gasteiger partial charge in [0, 0.05) is 34.0 Å². The van der Waals surface area contributed by atoms with Crippen LogP contribution in [-0.2, 0) is 4.79 Å². The number of H-pyrrole nitrogens is 2. The third kappa shape index (κ3) is 4.74. The number of rotatable bonds is 6. The molecule has 0 spiro atoms. The number of nitrogens with one attached hydrogen (secondary N) is 4. The van der Waals surface area contributed by atoms with Crippen LogP contribution < -0.4 is 10.6 Å². The van der Waals surface area contributed by atoms with Crippen LogP contribution in [0.15, 0.2) is 61.1 Å². The van der Waals surface area contributed by atoms with Crippen LogP contribution in [0.3, 0.4) is 0 Å². The van der Waals surface area contributed by atoms with E-state index in [1.807, 2.05) is 30.3 Å². The molecule has 0 saturated carbocycles. The number of para-hydroxylation sites is 1. The van der Waals surface area contributed by atoms with Crippen LogP contribution >= 0.6 is 11.3 Å². The molecule has 6 heterocycles. The number of amides is 1. The zero-order valence-corrected chi connectivity index (χ0v) is 22.2. The first-order valence-corrected chi connectivity index (χ1v) is 14.0. The number of benzene rings is 1. The van der Waals surface area contributed by atoms with Gasteiger partial charge in [0.05, 0.1) is 40.3 Å². The van der Waals surface area contributed by atoms with Gasteiger partial charge in [-0.3, -0.25) is 19.9 Å². The SMILES string of the molecule is O=C(CC1CCNCC1)Nc1cncc(-c2cc3c(-c4nc5c(-c6ccc(F)s6)cccc5[nH]4)n[nH]c3cn2)c1. The highest BCUT2D eigenvalue weighted by Gasteiger charge is 2.19. The Balaban J connectivity index is 1.19. The topological polar surface area (TPSA) is 124 Å². The number of carbonyl (C=O) groups is 1. The molecule has 0 unspecified atom stereocenters. The maximum absolute atomic E-state index is 13.7. The number of anilines is 1. The van der Waals surface area contributed by atoms with E-state index in [-0.39, 0.29) is 11.0 Å². The van der Waals surface area contributed by atoms with E-state index >= 15 is 0 Å². The van der Waals surface area contributed by atoms with Gasteiger partial charge < -0.3 is 15.6 Å². The Morgan fingerprint density at radius 1 is 1.07 bits per heavy atom. The average molecular weight is 553 g/mol. The number of halogens is 1. The minimum Gasteiger partial charge on any atom is -0.337 e. The number of imidazole rings is 1. The van der Waals surface area contributed by atoms with E-state index in [0.717, 1.165) is 75.2 Å². The molecule has 4 N–H and O–H groups in total. The smallest absolute Gasteiger partial charge is 0.224 e. The molecule has 1 aliphatic rings. The van der Waals surface area contributed by atoms with Gasteiger partial charge in [-0.15, -0.1) is 11.3 Å². The summed E-state index contributed by atoms with van der Waals surface area (Å²) in [5.74, 6) is 1.00. The van der Waals surface area contributed by atoms with Crippen LogP contribution in [-0.4, -0.2) is 49.1 Å². The van der Waals surface area contributed by atoms with Crippen molar-refractivity contribution in [3.63, 3.8) is 0 Å². The lowest BCUT2D eigenvalue weighted by molar-refractivity contribution is -0.117. The van der Waals surface area contributed by atoms with E-state index in [0.29, 0.717) is 35.2 Å². The summed E-state index contributed by atoms with van der Waals surface area (Å²) >= 11 is 1.09. The highest BCUT2D eigenvalue weighted by Crippen LogP contribution is 2.35. The number of pyridine rings is 2. The van der Waals surface area contributed by atoms with Crippen LogP contribution in [0, 0.1) is 11.0 Å². The van der Waals surface area contributed by atoms with Gasteiger partial charge in [-0.05, 0) is 62.2 Å². The van der Waals surface area contributed by atoms with E-state index in [1.54, 1.807) is 24.7 Å². The lowest BCUT2D eigenvalue weighted by Gasteiger charge is -2.21. The Hall–Kier alpha value is -4.48. The fourth-order valence-corrected chi connectivity index (χ4v) is 6.02. The molecule has 1 aliphatic heterocycles. The summed E-state index contributed by atoms with van der Waals surface area (Å²) in [6.07, 6.45) is 7.64. The summed E-state index contributed by atoms with van der Waals surface area (Å²) in [4.78, 5) is 30.6. The molecule has 200 valence electrons. The van der Waals surface area contributed by atoms with Crippen LogP contribution in [0.25, 0.3) is 55.2 Å². The Kier molecular flexibility index (Phi) is 6.29. The first-order chi connectivity index (χ1) is 19.6. The largest absolute Gasteiger partial charge is 0.337 e. The zero-order chi connectivity index (χ0) is 27.1. The van der Waals surface area contributed by atoms with Gasteiger partial charge in [0.15, 0.2) is 11.0 Å². The fraction of sp³-hybridized carbons (Fsp3) is 0.207. The van der Waals surface area contributed by atoms with Crippen molar-refractivity contribution in [2.24, 2.45) is 5.92 Å². The normalized spacial score (nSPS) is 14.2. The molecule has 6 aromatic rings. The molecular formula is C29H25FN8OS. The number of carbonyl (C=O) groups excluding carboxylic acids is 1. The minimum atomic E-state index is -0.235. The fourth-order valence-electron chi connectivity index (χ4n) is 5.27. The van der Waals surface area contributed by atoms with E-state index in [2.05, 4.69) is 35.8 Å². The molecule has 40 heavy (non-hydrogen) atoms. The van der Waals surface area contributed by atoms with E-state index < -0.39 is 0 Å². The molecule has 1 amide bonds. The molecule has 0 aliphatic carbocycles. The van der Waals surface area contributed by atoms with Crippen molar-refractivity contribution in [2.75, 3.05) is 18.4 Å². The first kappa shape index (κ1) is 24.6. The van der Waals surface area contributed by atoms with E-state index in [9.17, 15) is 9.18 Å². The molecule has 5 aromatic heterocycles. The average Bonchev–Trinajstić information content (AvgIpc) is 3.71. The lowest BCUT2D eigenvalue weighted by atomic mass is 9.94. The molecule has 0 radical (unpaired) electrons. The number of aromatic nitrogens is 6. The highest BCUT2D eigenvalue weighted by molar-refractivity contribution is 7.14. The predicted molar refractivity (Wildman–Crippen MR) is 154 cm³/mol. The second-order valence-electron chi connectivity index (χ2n) is 9.99. The second-order valence-corrected chi connectivity index (χ2v) is 11.0. The third-order valence-corrected chi connectivity index (χ3v) is 8.18. The Bertz CT molecular complexity index is 1850. The third-order valence-electron chi connectivity index (χ3n) is 7.27. The molecule has 7 rings (SSSR count). The lowest BCUT2D eigenvalue weighted by Crippen LogP contribution is -2.30. The first-order valence-electron chi connectivity index (χ1n) is 13.2. The van der Waals surface area contributed by atoms with Crippen molar-refractivity contribution in [1.29, 1.82) is 0 Å². The van der Waals surface area contributed by atoms with Gasteiger partial charge in [-0.1, -0.05) is 12.1 Å². The number of thiophene rings is 1.